The molecular formula is C23H29NO. The van der Waals surface area contributed by atoms with Crippen molar-refractivity contribution in [3.05, 3.63) is 77.5 Å². The second kappa shape index (κ2) is 10.5. The molecule has 2 aromatic carbocycles. The monoisotopic (exact) mass is 335 g/mol. The van der Waals surface area contributed by atoms with Crippen molar-refractivity contribution in [1.29, 1.82) is 0 Å². The Labute approximate surface area is 152 Å². The van der Waals surface area contributed by atoms with Crippen molar-refractivity contribution in [2.45, 2.75) is 45.4 Å². The first-order chi connectivity index (χ1) is 12.2. The van der Waals surface area contributed by atoms with E-state index in [-0.39, 0.29) is 5.78 Å². The van der Waals surface area contributed by atoms with E-state index in [0.717, 1.165) is 23.1 Å². The fraction of sp³-hybridized carbons (Fsp3) is 0.348. The van der Waals surface area contributed by atoms with Gasteiger partial charge in [-0.3, -0.25) is 4.79 Å². The minimum Gasteiger partial charge on any atom is -0.393 e. The number of Topliss-reactive ketones (excluding diaryl/α,β-unsaturated/α-hetero) is 1. The Bertz CT molecular complexity index is 688. The van der Waals surface area contributed by atoms with Crippen molar-refractivity contribution in [2.75, 3.05) is 7.05 Å². The minimum atomic E-state index is 0.142. The summed E-state index contributed by atoms with van der Waals surface area (Å²) in [5.41, 5.74) is 4.12. The Morgan fingerprint density at radius 3 is 2.44 bits per heavy atom. The third kappa shape index (κ3) is 6.22. The summed E-state index contributed by atoms with van der Waals surface area (Å²) >= 11 is 0. The van der Waals surface area contributed by atoms with Gasteiger partial charge in [0, 0.05) is 25.2 Å². The smallest absolute Gasteiger partial charge is 0.169 e. The lowest BCUT2D eigenvalue weighted by atomic mass is 9.96. The molecule has 0 aliphatic carbocycles. The average Bonchev–Trinajstić information content (AvgIpc) is 2.64. The lowest BCUT2D eigenvalue weighted by Gasteiger charge is -2.09. The Balaban J connectivity index is 2.05. The first kappa shape index (κ1) is 19.0. The molecule has 0 spiro atoms. The molecule has 0 saturated carbocycles. The van der Waals surface area contributed by atoms with Gasteiger partial charge in [0.2, 0.25) is 0 Å². The number of hydrogen-bond donors (Lipinski definition) is 1. The molecule has 25 heavy (non-hydrogen) atoms. The molecule has 2 nitrogen and oxygen atoms in total. The van der Waals surface area contributed by atoms with Gasteiger partial charge >= 0.3 is 0 Å². The van der Waals surface area contributed by atoms with Crippen molar-refractivity contribution < 1.29 is 4.79 Å². The predicted octanol–water partition coefficient (Wildman–Crippen LogP) is 5.18. The van der Waals surface area contributed by atoms with Crippen LogP contribution < -0.4 is 5.32 Å². The van der Waals surface area contributed by atoms with E-state index in [1.54, 1.807) is 6.20 Å². The van der Waals surface area contributed by atoms with Crippen molar-refractivity contribution in [3.8, 4) is 0 Å². The molecule has 2 rings (SSSR count). The molecule has 0 aliphatic rings. The fourth-order valence-electron chi connectivity index (χ4n) is 3.02. The number of aryl methyl sites for hydroxylation is 1. The molecule has 0 amide bonds. The summed E-state index contributed by atoms with van der Waals surface area (Å²) in [6.45, 7) is 2.23. The number of benzene rings is 2. The highest BCUT2D eigenvalue weighted by Gasteiger charge is 2.12. The van der Waals surface area contributed by atoms with Gasteiger partial charge < -0.3 is 5.32 Å². The van der Waals surface area contributed by atoms with E-state index in [1.165, 1.54) is 31.2 Å². The molecule has 2 heteroatoms. The van der Waals surface area contributed by atoms with E-state index < -0.39 is 0 Å². The number of nitrogens with one attached hydrogen (secondary N) is 1. The minimum absolute atomic E-state index is 0.142. The summed E-state index contributed by atoms with van der Waals surface area (Å²) in [5, 5.41) is 3.00. The maximum absolute atomic E-state index is 12.8. The summed E-state index contributed by atoms with van der Waals surface area (Å²) in [5.74, 6) is 0.142. The van der Waals surface area contributed by atoms with Gasteiger partial charge in [-0.1, -0.05) is 80.8 Å². The molecule has 0 heterocycles. The summed E-state index contributed by atoms with van der Waals surface area (Å²) < 4.78 is 0. The number of carbonyl (C=O) groups is 1. The summed E-state index contributed by atoms with van der Waals surface area (Å²) in [6.07, 6.45) is 8.39. The van der Waals surface area contributed by atoms with Crippen LogP contribution in [0.1, 0.15) is 49.3 Å². The number of allylic oxidation sites excluding steroid dienone is 1. The second-order valence-corrected chi connectivity index (χ2v) is 6.44. The zero-order chi connectivity index (χ0) is 17.9. The lowest BCUT2D eigenvalue weighted by Crippen LogP contribution is -2.09. The average molecular weight is 335 g/mol. The van der Waals surface area contributed by atoms with Crippen molar-refractivity contribution in [2.24, 2.45) is 0 Å². The summed E-state index contributed by atoms with van der Waals surface area (Å²) in [4.78, 5) is 12.8. The van der Waals surface area contributed by atoms with Crippen LogP contribution in [0.15, 0.2) is 60.8 Å². The Hall–Kier alpha value is -2.35. The van der Waals surface area contributed by atoms with E-state index in [1.807, 2.05) is 37.4 Å². The standard InChI is InChI=1S/C23H29NO/c1-3-4-5-7-11-19-12-10-13-20(16-19)17-23(25)22(18-24-2)21-14-8-6-9-15-21/h6,8-10,12-16,18,24H,3-5,7,11,17H2,1-2H3. The quantitative estimate of drug-likeness (QED) is 0.479. The molecule has 2 aromatic rings. The van der Waals surface area contributed by atoms with Gasteiger partial charge in [-0.2, -0.15) is 0 Å². The van der Waals surface area contributed by atoms with Crippen LogP contribution in [0.25, 0.3) is 5.57 Å². The molecule has 0 unspecified atom stereocenters. The third-order valence-corrected chi connectivity index (χ3v) is 4.35. The molecule has 0 aromatic heterocycles. The van der Waals surface area contributed by atoms with Crippen LogP contribution in [0, 0.1) is 0 Å². The van der Waals surface area contributed by atoms with E-state index in [2.05, 4.69) is 36.5 Å². The lowest BCUT2D eigenvalue weighted by molar-refractivity contribution is -0.113. The maximum Gasteiger partial charge on any atom is 0.169 e. The fourth-order valence-corrected chi connectivity index (χ4v) is 3.02. The van der Waals surface area contributed by atoms with Crippen LogP contribution in [-0.4, -0.2) is 12.8 Å². The molecule has 0 saturated heterocycles. The van der Waals surface area contributed by atoms with E-state index >= 15 is 0 Å². The van der Waals surface area contributed by atoms with Crippen LogP contribution in [0.4, 0.5) is 0 Å². The van der Waals surface area contributed by atoms with E-state index in [4.69, 9.17) is 0 Å². The van der Waals surface area contributed by atoms with Crippen molar-refractivity contribution >= 4 is 11.4 Å². The maximum atomic E-state index is 12.8. The van der Waals surface area contributed by atoms with Crippen molar-refractivity contribution in [3.63, 3.8) is 0 Å². The normalized spacial score (nSPS) is 11.4. The number of rotatable bonds is 10. The molecule has 0 radical (unpaired) electrons. The highest BCUT2D eigenvalue weighted by Crippen LogP contribution is 2.18. The number of hydrogen-bond acceptors (Lipinski definition) is 2. The van der Waals surface area contributed by atoms with Crippen LogP contribution in [0.5, 0.6) is 0 Å². The Morgan fingerprint density at radius 1 is 0.960 bits per heavy atom. The molecule has 0 bridgehead atoms. The molecular weight excluding hydrogens is 306 g/mol. The van der Waals surface area contributed by atoms with E-state index in [9.17, 15) is 4.79 Å². The largest absolute Gasteiger partial charge is 0.393 e. The third-order valence-electron chi connectivity index (χ3n) is 4.35. The second-order valence-electron chi connectivity index (χ2n) is 6.44. The van der Waals surface area contributed by atoms with Gasteiger partial charge in [0.05, 0.1) is 0 Å². The number of carbonyl (C=O) groups excluding carboxylic acids is 1. The number of unbranched alkanes of at least 4 members (excludes halogenated alkanes) is 3. The SMILES string of the molecule is CCCCCCc1cccc(CC(=O)C(=CNC)c2ccccc2)c1. The van der Waals surface area contributed by atoms with Crippen molar-refractivity contribution in [1.82, 2.24) is 5.32 Å². The number of ketones is 1. The van der Waals surface area contributed by atoms with Gasteiger partial charge in [-0.05, 0) is 29.5 Å². The summed E-state index contributed by atoms with van der Waals surface area (Å²) in [6, 6.07) is 18.3. The predicted molar refractivity (Wildman–Crippen MR) is 106 cm³/mol. The molecule has 132 valence electrons. The van der Waals surface area contributed by atoms with Crippen LogP contribution >= 0.6 is 0 Å². The van der Waals surface area contributed by atoms with Gasteiger partial charge in [0.25, 0.3) is 0 Å². The molecule has 0 aliphatic heterocycles. The first-order valence-electron chi connectivity index (χ1n) is 9.28. The van der Waals surface area contributed by atoms with Crippen LogP contribution in [0.3, 0.4) is 0 Å². The Kier molecular flexibility index (Phi) is 7.97. The molecule has 0 atom stereocenters. The highest BCUT2D eigenvalue weighted by molar-refractivity contribution is 6.21. The zero-order valence-electron chi connectivity index (χ0n) is 15.4. The van der Waals surface area contributed by atoms with Crippen LogP contribution in [0.2, 0.25) is 0 Å². The van der Waals surface area contributed by atoms with Gasteiger partial charge in [0.1, 0.15) is 0 Å². The topological polar surface area (TPSA) is 29.1 Å². The summed E-state index contributed by atoms with van der Waals surface area (Å²) in [7, 11) is 1.83. The van der Waals surface area contributed by atoms with Gasteiger partial charge in [-0.15, -0.1) is 0 Å². The molecule has 0 fully saturated rings. The molecule has 1 N–H and O–H groups in total. The first-order valence-corrected chi connectivity index (χ1v) is 9.28. The zero-order valence-corrected chi connectivity index (χ0v) is 15.4. The van der Waals surface area contributed by atoms with Gasteiger partial charge in [0.15, 0.2) is 5.78 Å². The van der Waals surface area contributed by atoms with Gasteiger partial charge in [-0.25, -0.2) is 0 Å². The van der Waals surface area contributed by atoms with E-state index in [0.29, 0.717) is 6.42 Å². The highest BCUT2D eigenvalue weighted by atomic mass is 16.1. The Morgan fingerprint density at radius 2 is 1.72 bits per heavy atom. The van der Waals surface area contributed by atoms with Crippen LogP contribution in [-0.2, 0) is 17.6 Å².